The summed E-state index contributed by atoms with van der Waals surface area (Å²) in [5.74, 6) is 0.912. The average molecular weight is 624 g/mol. The van der Waals surface area contributed by atoms with E-state index in [1.54, 1.807) is 6.07 Å². The van der Waals surface area contributed by atoms with E-state index in [-0.39, 0.29) is 18.4 Å². The first-order valence-corrected chi connectivity index (χ1v) is 16.9. The van der Waals surface area contributed by atoms with Crippen molar-refractivity contribution in [2.24, 2.45) is 0 Å². The van der Waals surface area contributed by atoms with Gasteiger partial charge in [-0.05, 0) is 36.6 Å². The number of benzene rings is 2. The van der Waals surface area contributed by atoms with Crippen LogP contribution < -0.4 is 10.6 Å². The number of nitrogens with zero attached hydrogens (tertiary/aromatic N) is 3. The third-order valence-corrected chi connectivity index (χ3v) is 9.37. The summed E-state index contributed by atoms with van der Waals surface area (Å²) in [6.45, 7) is 5.97. The van der Waals surface area contributed by atoms with Crippen molar-refractivity contribution < 1.29 is 27.2 Å². The monoisotopic (exact) mass is 623 g/mol. The Labute approximate surface area is 259 Å². The van der Waals surface area contributed by atoms with Gasteiger partial charge in [0.2, 0.25) is 15.8 Å². The number of para-hydroxylation sites is 1. The van der Waals surface area contributed by atoms with Crippen molar-refractivity contribution in [3.05, 3.63) is 78.3 Å². The fourth-order valence-corrected chi connectivity index (χ4v) is 6.41. The Morgan fingerprint density at radius 2 is 1.59 bits per heavy atom. The molecule has 44 heavy (non-hydrogen) atoms. The first-order valence-electron chi connectivity index (χ1n) is 15.1. The maximum atomic E-state index is 12.7. The molecule has 5 rings (SSSR count). The van der Waals surface area contributed by atoms with Gasteiger partial charge in [0.1, 0.15) is 11.9 Å². The van der Waals surface area contributed by atoms with Gasteiger partial charge >= 0.3 is 6.09 Å². The molecule has 11 nitrogen and oxygen atoms in total. The van der Waals surface area contributed by atoms with E-state index in [1.807, 2.05) is 60.7 Å². The number of anilines is 1. The summed E-state index contributed by atoms with van der Waals surface area (Å²) in [6.07, 6.45) is 2.16. The largest absolute Gasteiger partial charge is 0.457 e. The predicted molar refractivity (Wildman–Crippen MR) is 169 cm³/mol. The zero-order chi connectivity index (χ0) is 30.9. The fraction of sp³-hybridized carbons (Fsp3) is 0.438. The lowest BCUT2D eigenvalue weighted by molar-refractivity contribution is 0.0593. The van der Waals surface area contributed by atoms with Crippen molar-refractivity contribution in [3.8, 4) is 11.1 Å². The Hall–Kier alpha value is -3.55. The van der Waals surface area contributed by atoms with Crippen LogP contribution in [0.4, 0.5) is 10.5 Å². The number of likely N-dealkylation sites (tertiary alicyclic amines) is 1. The average Bonchev–Trinajstić information content (AvgIpc) is 3.49. The van der Waals surface area contributed by atoms with Crippen molar-refractivity contribution in [2.75, 3.05) is 70.5 Å². The molecule has 3 aromatic rings. The van der Waals surface area contributed by atoms with E-state index in [0.717, 1.165) is 49.3 Å². The number of carbonyl (C=O) groups excluding carboxylic acids is 2. The number of carbonyl (C=O) groups is 2. The van der Waals surface area contributed by atoms with E-state index in [4.69, 9.17) is 9.15 Å². The number of piperidine rings is 1. The van der Waals surface area contributed by atoms with Gasteiger partial charge in [0.25, 0.3) is 0 Å². The van der Waals surface area contributed by atoms with Gasteiger partial charge in [-0.3, -0.25) is 15.0 Å². The van der Waals surface area contributed by atoms with Crippen LogP contribution >= 0.6 is 0 Å². The molecule has 0 bridgehead atoms. The van der Waals surface area contributed by atoms with Crippen molar-refractivity contribution in [2.45, 2.75) is 25.5 Å². The molecule has 1 aromatic heterocycles. The summed E-state index contributed by atoms with van der Waals surface area (Å²) in [5, 5.41) is 6.12. The Morgan fingerprint density at radius 1 is 0.886 bits per heavy atom. The van der Waals surface area contributed by atoms with Crippen molar-refractivity contribution >= 4 is 27.6 Å². The maximum absolute atomic E-state index is 12.7. The lowest BCUT2D eigenvalue weighted by atomic mass is 10.0. The van der Waals surface area contributed by atoms with Crippen molar-refractivity contribution in [1.29, 1.82) is 0 Å². The van der Waals surface area contributed by atoms with Crippen molar-refractivity contribution in [3.63, 3.8) is 0 Å². The highest BCUT2D eigenvalue weighted by atomic mass is 32.2. The lowest BCUT2D eigenvalue weighted by Gasteiger charge is -2.32. The number of sulfonamides is 1. The number of hydrogen-bond donors (Lipinski definition) is 2. The van der Waals surface area contributed by atoms with Crippen molar-refractivity contribution in [1.82, 2.24) is 19.4 Å². The molecule has 2 aromatic carbocycles. The molecule has 0 radical (unpaired) electrons. The highest BCUT2D eigenvalue weighted by molar-refractivity contribution is 7.88. The van der Waals surface area contributed by atoms with Gasteiger partial charge in [0.15, 0.2) is 5.76 Å². The Morgan fingerprint density at radius 3 is 2.32 bits per heavy atom. The summed E-state index contributed by atoms with van der Waals surface area (Å²) >= 11 is 0. The SMILES string of the molecule is CS(=O)(=O)N1CCN(Cc2ccc(C(=O)CNCCN3CCC(OC(=O)Nc4ccccc4-c4ccccc4)CC3)o2)CC1. The number of ether oxygens (including phenoxy) is 1. The topological polar surface area (TPSA) is 124 Å². The smallest absolute Gasteiger partial charge is 0.411 e. The van der Waals surface area contributed by atoms with E-state index in [1.165, 1.54) is 10.6 Å². The van der Waals surface area contributed by atoms with Crippen LogP contribution in [0.15, 0.2) is 71.1 Å². The number of amides is 1. The van der Waals surface area contributed by atoms with Gasteiger partial charge in [0, 0.05) is 57.9 Å². The van der Waals surface area contributed by atoms with Crippen LogP contribution in [-0.2, 0) is 21.3 Å². The summed E-state index contributed by atoms with van der Waals surface area (Å²) in [5.41, 5.74) is 2.69. The molecule has 0 spiro atoms. The Balaban J connectivity index is 0.964. The summed E-state index contributed by atoms with van der Waals surface area (Å²) in [4.78, 5) is 29.7. The zero-order valence-corrected chi connectivity index (χ0v) is 25.9. The van der Waals surface area contributed by atoms with Crippen LogP contribution in [0.25, 0.3) is 11.1 Å². The second kappa shape index (κ2) is 15.0. The number of piperazine rings is 1. The maximum Gasteiger partial charge on any atom is 0.411 e. The number of hydrogen-bond acceptors (Lipinski definition) is 9. The molecule has 2 aliphatic rings. The standard InChI is InChI=1S/C32H41N5O6S/c1-44(40,41)37-21-19-36(20-22-37)24-27-11-12-31(42-27)30(38)23-33-15-18-35-16-13-26(14-17-35)43-32(39)34-29-10-6-5-9-28(29)25-7-3-2-4-8-25/h2-12,26,33H,13-24H2,1H3,(H,34,39). The van der Waals surface area contributed by atoms with Crippen LogP contribution in [0.5, 0.6) is 0 Å². The van der Waals surface area contributed by atoms with E-state index in [0.29, 0.717) is 50.8 Å². The molecule has 3 heterocycles. The van der Waals surface area contributed by atoms with Gasteiger partial charge in [-0.2, -0.15) is 4.31 Å². The van der Waals surface area contributed by atoms with E-state index in [9.17, 15) is 18.0 Å². The molecular formula is C32H41N5O6S. The van der Waals surface area contributed by atoms with Crippen LogP contribution in [-0.4, -0.2) is 106 Å². The molecule has 2 aliphatic heterocycles. The number of furan rings is 1. The second-order valence-corrected chi connectivity index (χ2v) is 13.3. The van der Waals surface area contributed by atoms with E-state index >= 15 is 0 Å². The van der Waals surface area contributed by atoms with Gasteiger partial charge in [-0.25, -0.2) is 13.2 Å². The Bertz CT molecular complexity index is 1500. The third-order valence-electron chi connectivity index (χ3n) is 8.06. The second-order valence-electron chi connectivity index (χ2n) is 11.3. The number of nitrogens with one attached hydrogen (secondary N) is 2. The minimum atomic E-state index is -3.17. The molecule has 2 saturated heterocycles. The van der Waals surface area contributed by atoms with Gasteiger partial charge in [-0.15, -0.1) is 0 Å². The lowest BCUT2D eigenvalue weighted by Crippen LogP contribution is -2.47. The molecule has 0 unspecified atom stereocenters. The number of rotatable bonds is 12. The molecule has 12 heteroatoms. The highest BCUT2D eigenvalue weighted by Gasteiger charge is 2.25. The zero-order valence-electron chi connectivity index (χ0n) is 25.1. The van der Waals surface area contributed by atoms with Crippen LogP contribution in [0.3, 0.4) is 0 Å². The Kier molecular flexibility index (Phi) is 10.8. The minimum absolute atomic E-state index is 0.106. The van der Waals surface area contributed by atoms with Gasteiger partial charge < -0.3 is 19.4 Å². The van der Waals surface area contributed by atoms with Crippen LogP contribution in [0.2, 0.25) is 0 Å². The minimum Gasteiger partial charge on any atom is -0.457 e. The summed E-state index contributed by atoms with van der Waals surface area (Å²) in [7, 11) is -3.17. The van der Waals surface area contributed by atoms with Gasteiger partial charge in [0.05, 0.1) is 25.0 Å². The summed E-state index contributed by atoms with van der Waals surface area (Å²) in [6, 6.07) is 21.1. The number of ketones is 1. The summed E-state index contributed by atoms with van der Waals surface area (Å²) < 4.78 is 36.4. The third kappa shape index (κ3) is 8.99. The van der Waals surface area contributed by atoms with E-state index in [2.05, 4.69) is 20.4 Å². The molecule has 1 amide bonds. The molecule has 0 saturated carbocycles. The fourth-order valence-electron chi connectivity index (χ4n) is 5.58. The molecule has 2 fully saturated rings. The molecule has 236 valence electrons. The highest BCUT2D eigenvalue weighted by Crippen LogP contribution is 2.28. The van der Waals surface area contributed by atoms with E-state index < -0.39 is 16.1 Å². The van der Waals surface area contributed by atoms with Crippen LogP contribution in [0, 0.1) is 0 Å². The number of Topliss-reactive ketones (excluding diaryl/α,β-unsaturated/α-hetero) is 1. The molecule has 2 N–H and O–H groups in total. The first-order chi connectivity index (χ1) is 21.2. The first kappa shape index (κ1) is 31.9. The molecular weight excluding hydrogens is 582 g/mol. The molecule has 0 atom stereocenters. The van der Waals surface area contributed by atoms with Crippen LogP contribution in [0.1, 0.15) is 29.2 Å². The van der Waals surface area contributed by atoms with Gasteiger partial charge in [-0.1, -0.05) is 48.5 Å². The quantitative estimate of drug-likeness (QED) is 0.230. The predicted octanol–water partition coefficient (Wildman–Crippen LogP) is 3.51. The molecule has 0 aliphatic carbocycles. The normalized spacial score (nSPS) is 17.4.